The van der Waals surface area contributed by atoms with E-state index in [4.69, 9.17) is 14.2 Å². The first-order valence-corrected chi connectivity index (χ1v) is 7.86. The van der Waals surface area contributed by atoms with E-state index in [9.17, 15) is 14.4 Å². The van der Waals surface area contributed by atoms with Gasteiger partial charge in [-0.15, -0.1) is 0 Å². The van der Waals surface area contributed by atoms with Crippen molar-refractivity contribution >= 4 is 17.9 Å². The van der Waals surface area contributed by atoms with Crippen molar-refractivity contribution in [3.05, 3.63) is 12.2 Å². The van der Waals surface area contributed by atoms with Crippen molar-refractivity contribution in [1.82, 2.24) is 0 Å². The molecule has 0 aromatic carbocycles. The predicted octanol–water partition coefficient (Wildman–Crippen LogP) is 1.63. The Morgan fingerprint density at radius 2 is 1.87 bits per heavy atom. The third kappa shape index (κ3) is 1.96. The standard InChI is InChI=1S/C17H22O6/c1-9-8-17(14(19)21-3,15(20)22-4)13-12(9)10-5-6-16(13,2)23-11(18)7-10/h10,12-13H,1,5-8H2,2-4H3. The largest absolute Gasteiger partial charge is 0.468 e. The van der Waals surface area contributed by atoms with Crippen molar-refractivity contribution in [2.75, 3.05) is 14.2 Å². The normalized spacial score (nSPS) is 37.6. The monoisotopic (exact) mass is 322 g/mol. The van der Waals surface area contributed by atoms with Gasteiger partial charge in [-0.2, -0.15) is 0 Å². The number of hydrogen-bond acceptors (Lipinski definition) is 6. The van der Waals surface area contributed by atoms with Crippen molar-refractivity contribution in [3.63, 3.8) is 0 Å². The number of carbonyl (C=O) groups excluding carboxylic acids is 3. The lowest BCUT2D eigenvalue weighted by molar-refractivity contribution is -0.192. The minimum atomic E-state index is -1.48. The molecule has 2 saturated heterocycles. The molecule has 4 rings (SSSR count). The summed E-state index contributed by atoms with van der Waals surface area (Å²) in [5, 5.41) is 0. The van der Waals surface area contributed by atoms with E-state index in [1.807, 2.05) is 6.92 Å². The van der Waals surface area contributed by atoms with Crippen LogP contribution in [-0.4, -0.2) is 37.7 Å². The van der Waals surface area contributed by atoms with Gasteiger partial charge in [0.15, 0.2) is 5.41 Å². The third-order valence-electron chi connectivity index (χ3n) is 5.92. The smallest absolute Gasteiger partial charge is 0.324 e. The molecule has 23 heavy (non-hydrogen) atoms. The van der Waals surface area contributed by atoms with Gasteiger partial charge in [0, 0.05) is 12.3 Å². The molecule has 2 aliphatic carbocycles. The predicted molar refractivity (Wildman–Crippen MR) is 79.0 cm³/mol. The van der Waals surface area contributed by atoms with Crippen LogP contribution in [0.4, 0.5) is 0 Å². The van der Waals surface area contributed by atoms with Gasteiger partial charge >= 0.3 is 17.9 Å². The molecule has 0 radical (unpaired) electrons. The fourth-order valence-corrected chi connectivity index (χ4v) is 5.15. The second kappa shape index (κ2) is 5.08. The van der Waals surface area contributed by atoms with Crippen LogP contribution in [0.1, 0.15) is 32.6 Å². The zero-order valence-electron chi connectivity index (χ0n) is 13.7. The molecule has 126 valence electrons. The minimum absolute atomic E-state index is 0.0479. The van der Waals surface area contributed by atoms with E-state index < -0.39 is 28.9 Å². The molecule has 0 amide bonds. The lowest BCUT2D eigenvalue weighted by Gasteiger charge is -2.46. The first-order chi connectivity index (χ1) is 10.8. The van der Waals surface area contributed by atoms with Gasteiger partial charge in [-0.25, -0.2) is 0 Å². The van der Waals surface area contributed by atoms with Crippen LogP contribution < -0.4 is 0 Å². The first-order valence-electron chi connectivity index (χ1n) is 7.86. The molecule has 4 aliphatic rings. The van der Waals surface area contributed by atoms with E-state index in [1.54, 1.807) is 0 Å². The zero-order chi connectivity index (χ0) is 17.0. The lowest BCUT2D eigenvalue weighted by atomic mass is 9.59. The number of ether oxygens (including phenoxy) is 3. The average molecular weight is 322 g/mol. The van der Waals surface area contributed by atoms with Crippen LogP contribution in [0, 0.1) is 23.2 Å². The molecule has 4 fully saturated rings. The summed E-state index contributed by atoms with van der Waals surface area (Å²) >= 11 is 0. The fourth-order valence-electron chi connectivity index (χ4n) is 5.15. The van der Waals surface area contributed by atoms with E-state index in [0.717, 1.165) is 12.0 Å². The quantitative estimate of drug-likeness (QED) is 0.333. The zero-order valence-corrected chi connectivity index (χ0v) is 13.7. The molecule has 2 heterocycles. The Morgan fingerprint density at radius 3 is 2.43 bits per heavy atom. The summed E-state index contributed by atoms with van der Waals surface area (Å²) in [5.41, 5.74) is -1.57. The number of allylic oxidation sites excluding steroid dienone is 1. The molecule has 4 atom stereocenters. The van der Waals surface area contributed by atoms with Gasteiger partial charge in [0.2, 0.25) is 0 Å². The van der Waals surface area contributed by atoms with E-state index in [2.05, 4.69) is 6.58 Å². The Bertz CT molecular complexity index is 578. The molecule has 2 saturated carbocycles. The maximum absolute atomic E-state index is 12.6. The van der Waals surface area contributed by atoms with Crippen LogP contribution in [0.3, 0.4) is 0 Å². The molecule has 0 spiro atoms. The molecule has 0 aromatic rings. The number of esters is 3. The van der Waals surface area contributed by atoms with Crippen LogP contribution in [0.25, 0.3) is 0 Å². The van der Waals surface area contributed by atoms with E-state index in [0.29, 0.717) is 12.8 Å². The number of methoxy groups -OCH3 is 2. The lowest BCUT2D eigenvalue weighted by Crippen LogP contribution is -2.56. The second-order valence-electron chi connectivity index (χ2n) is 7.08. The average Bonchev–Trinajstić information content (AvgIpc) is 2.69. The molecule has 6 heteroatoms. The van der Waals surface area contributed by atoms with Gasteiger partial charge in [0.25, 0.3) is 0 Å². The molecule has 0 N–H and O–H groups in total. The summed E-state index contributed by atoms with van der Waals surface area (Å²) in [6.45, 7) is 5.91. The van der Waals surface area contributed by atoms with Gasteiger partial charge in [-0.3, -0.25) is 14.4 Å². The van der Waals surface area contributed by atoms with Crippen LogP contribution in [0.5, 0.6) is 0 Å². The molecular formula is C17H22O6. The van der Waals surface area contributed by atoms with Crippen molar-refractivity contribution in [2.24, 2.45) is 23.2 Å². The molecule has 2 bridgehead atoms. The van der Waals surface area contributed by atoms with Crippen LogP contribution in [0.2, 0.25) is 0 Å². The SMILES string of the molecule is C=C1CC(C(=O)OC)(C(=O)OC)C2C1C1CCC2(C)OC(=O)C1. The summed E-state index contributed by atoms with van der Waals surface area (Å²) in [6.07, 6.45) is 1.92. The van der Waals surface area contributed by atoms with Gasteiger partial charge in [0.1, 0.15) is 5.60 Å². The number of carbonyl (C=O) groups is 3. The van der Waals surface area contributed by atoms with Gasteiger partial charge in [-0.05, 0) is 38.0 Å². The number of fused-ring (bicyclic) bond motifs is 3. The van der Waals surface area contributed by atoms with Crippen molar-refractivity contribution in [1.29, 1.82) is 0 Å². The Labute approximate surface area is 135 Å². The highest BCUT2D eigenvalue weighted by Crippen LogP contribution is 2.64. The Morgan fingerprint density at radius 1 is 1.26 bits per heavy atom. The molecule has 4 unspecified atom stereocenters. The maximum Gasteiger partial charge on any atom is 0.324 e. The molecular weight excluding hydrogens is 300 g/mol. The highest BCUT2D eigenvalue weighted by molar-refractivity contribution is 6.02. The summed E-state index contributed by atoms with van der Waals surface area (Å²) in [5.74, 6) is -2.11. The van der Waals surface area contributed by atoms with Crippen LogP contribution >= 0.6 is 0 Å². The Balaban J connectivity index is 2.20. The summed E-state index contributed by atoms with van der Waals surface area (Å²) in [6, 6.07) is 0. The molecule has 0 aromatic heterocycles. The molecule has 6 nitrogen and oxygen atoms in total. The van der Waals surface area contributed by atoms with Crippen LogP contribution in [0.15, 0.2) is 12.2 Å². The van der Waals surface area contributed by atoms with Crippen molar-refractivity contribution in [2.45, 2.75) is 38.2 Å². The topological polar surface area (TPSA) is 78.9 Å². The maximum atomic E-state index is 12.6. The summed E-state index contributed by atoms with van der Waals surface area (Å²) in [4.78, 5) is 37.4. The first kappa shape index (κ1) is 16.0. The Hall–Kier alpha value is -1.85. The van der Waals surface area contributed by atoms with Crippen molar-refractivity contribution in [3.8, 4) is 0 Å². The Kier molecular flexibility index (Phi) is 3.54. The van der Waals surface area contributed by atoms with E-state index in [-0.39, 0.29) is 24.2 Å². The van der Waals surface area contributed by atoms with Crippen molar-refractivity contribution < 1.29 is 28.6 Å². The van der Waals surface area contributed by atoms with Crippen LogP contribution in [-0.2, 0) is 28.6 Å². The fraction of sp³-hybridized carbons (Fsp3) is 0.706. The summed E-state index contributed by atoms with van der Waals surface area (Å²) < 4.78 is 15.6. The van der Waals surface area contributed by atoms with E-state index >= 15 is 0 Å². The highest BCUT2D eigenvalue weighted by atomic mass is 16.6. The third-order valence-corrected chi connectivity index (χ3v) is 5.92. The molecule has 2 aliphatic heterocycles. The summed E-state index contributed by atoms with van der Waals surface area (Å²) in [7, 11) is 2.51. The van der Waals surface area contributed by atoms with Gasteiger partial charge < -0.3 is 14.2 Å². The second-order valence-corrected chi connectivity index (χ2v) is 7.08. The van der Waals surface area contributed by atoms with Gasteiger partial charge in [-0.1, -0.05) is 12.2 Å². The number of rotatable bonds is 2. The van der Waals surface area contributed by atoms with E-state index in [1.165, 1.54) is 14.2 Å². The van der Waals surface area contributed by atoms with Gasteiger partial charge in [0.05, 0.1) is 14.2 Å². The minimum Gasteiger partial charge on any atom is -0.468 e. The number of hydrogen-bond donors (Lipinski definition) is 0. The highest BCUT2D eigenvalue weighted by Gasteiger charge is 2.71.